The first-order valence-electron chi connectivity index (χ1n) is 8.09. The van der Waals surface area contributed by atoms with Gasteiger partial charge < -0.3 is 25.6 Å². The molecule has 2 aromatic rings. The number of ether oxygens (including phenoxy) is 1. The molecule has 11 nitrogen and oxygen atoms in total. The molecule has 0 radical (unpaired) electrons. The SMILES string of the molecule is Cc1nc2c(N)ncnc2n1[C@@H]1O[C@H](C[NH+](C)CCO[NH3+])[C@@H](O)[C@H]1O. The number of nitrogens with two attached hydrogens (primary N) is 1. The second kappa shape index (κ2) is 7.15. The molecule has 3 rings (SSSR count). The highest BCUT2D eigenvalue weighted by molar-refractivity contribution is 5.81. The number of aliphatic hydroxyl groups is 2. The van der Waals surface area contributed by atoms with Gasteiger partial charge in [-0.2, -0.15) is 0 Å². The number of fused-ring (bicyclic) bond motifs is 1. The van der Waals surface area contributed by atoms with Gasteiger partial charge in [-0.15, -0.1) is 0 Å². The van der Waals surface area contributed by atoms with E-state index in [0.29, 0.717) is 36.7 Å². The number of rotatable bonds is 6. The van der Waals surface area contributed by atoms with E-state index in [1.165, 1.54) is 6.33 Å². The first kappa shape index (κ1) is 17.9. The molecule has 0 saturated carbocycles. The summed E-state index contributed by atoms with van der Waals surface area (Å²) in [5, 5.41) is 20.9. The Morgan fingerprint density at radius 1 is 1.40 bits per heavy atom. The molecule has 1 unspecified atom stereocenters. The lowest BCUT2D eigenvalue weighted by atomic mass is 10.1. The minimum absolute atomic E-state index is 0.258. The van der Waals surface area contributed by atoms with E-state index in [2.05, 4.69) is 20.8 Å². The van der Waals surface area contributed by atoms with Crippen molar-refractivity contribution in [1.29, 1.82) is 0 Å². The molecular weight excluding hydrogens is 330 g/mol. The number of quaternary nitrogens is 2. The Bertz CT molecular complexity index is 739. The Labute approximate surface area is 144 Å². The fraction of sp³-hybridized carbons (Fsp3) is 0.643. The number of aromatic nitrogens is 4. The van der Waals surface area contributed by atoms with Crippen molar-refractivity contribution in [3.05, 3.63) is 12.2 Å². The van der Waals surface area contributed by atoms with Crippen LogP contribution in [0, 0.1) is 6.92 Å². The summed E-state index contributed by atoms with van der Waals surface area (Å²) in [5.41, 5.74) is 6.75. The molecule has 1 fully saturated rings. The van der Waals surface area contributed by atoms with E-state index in [0.717, 1.165) is 4.90 Å². The zero-order chi connectivity index (χ0) is 18.1. The van der Waals surface area contributed by atoms with Crippen molar-refractivity contribution in [1.82, 2.24) is 19.5 Å². The van der Waals surface area contributed by atoms with E-state index in [1.54, 1.807) is 11.5 Å². The maximum absolute atomic E-state index is 10.5. The third-order valence-corrected chi connectivity index (χ3v) is 4.50. The number of nitrogen functional groups attached to an aromatic ring is 1. The van der Waals surface area contributed by atoms with Crippen LogP contribution in [-0.4, -0.2) is 74.8 Å². The highest BCUT2D eigenvalue weighted by Gasteiger charge is 2.46. The molecule has 0 bridgehead atoms. The van der Waals surface area contributed by atoms with Crippen molar-refractivity contribution in [2.24, 2.45) is 0 Å². The summed E-state index contributed by atoms with van der Waals surface area (Å²) in [6.07, 6.45) is -2.11. The largest absolute Gasteiger partial charge is 0.387 e. The molecule has 0 amide bonds. The van der Waals surface area contributed by atoms with Crippen LogP contribution in [-0.2, 0) is 9.57 Å². The van der Waals surface area contributed by atoms with Crippen LogP contribution in [0.1, 0.15) is 12.1 Å². The van der Waals surface area contributed by atoms with Gasteiger partial charge in [-0.05, 0) is 6.92 Å². The van der Waals surface area contributed by atoms with Crippen molar-refractivity contribution >= 4 is 17.0 Å². The van der Waals surface area contributed by atoms with Crippen LogP contribution >= 0.6 is 0 Å². The molecule has 8 N–H and O–H groups in total. The first-order valence-corrected chi connectivity index (χ1v) is 8.09. The molecule has 1 saturated heterocycles. The van der Waals surface area contributed by atoms with Gasteiger partial charge in [0.15, 0.2) is 29.8 Å². The fourth-order valence-corrected chi connectivity index (χ4v) is 3.14. The molecule has 0 aromatic carbocycles. The second-order valence-electron chi connectivity index (χ2n) is 6.33. The standard InChI is InChI=1S/C14H24N7O4/c1-7-19-9-12(15)17-6-18-13(9)21(7)14-11(23)10(22)8(25-14)5-20(2)3-4-24-16/h6,8,10-11,14,22-23H,3-5H2,1-2,16H3,(H2,15,17,18)/q+1/p+1/t8-,10-,11-,14-/m1/s1. The van der Waals surface area contributed by atoms with Gasteiger partial charge in [-0.3, -0.25) is 4.57 Å². The fourth-order valence-electron chi connectivity index (χ4n) is 3.14. The van der Waals surface area contributed by atoms with Crippen molar-refractivity contribution < 1.29 is 30.6 Å². The summed E-state index contributed by atoms with van der Waals surface area (Å²) in [6.45, 7) is 3.50. The van der Waals surface area contributed by atoms with Crippen LogP contribution < -0.4 is 16.5 Å². The number of hydrogen-bond donors (Lipinski definition) is 5. The van der Waals surface area contributed by atoms with Gasteiger partial charge in [0.2, 0.25) is 0 Å². The molecule has 138 valence electrons. The van der Waals surface area contributed by atoms with Crippen molar-refractivity contribution in [2.45, 2.75) is 31.5 Å². The van der Waals surface area contributed by atoms with Crippen molar-refractivity contribution in [3.63, 3.8) is 0 Å². The normalized spacial score (nSPS) is 27.9. The summed E-state index contributed by atoms with van der Waals surface area (Å²) < 4.78 is 7.60. The zero-order valence-corrected chi connectivity index (χ0v) is 14.3. The number of anilines is 1. The van der Waals surface area contributed by atoms with Gasteiger partial charge in [0.25, 0.3) is 0 Å². The smallest absolute Gasteiger partial charge is 0.167 e. The van der Waals surface area contributed by atoms with Crippen LogP contribution in [0.15, 0.2) is 6.33 Å². The number of aryl methyl sites for hydroxylation is 1. The predicted molar refractivity (Wildman–Crippen MR) is 85.9 cm³/mol. The summed E-state index contributed by atoms with van der Waals surface area (Å²) >= 11 is 0. The number of hydrogen-bond acceptors (Lipinski definition) is 8. The average Bonchev–Trinajstić information content (AvgIpc) is 3.05. The summed E-state index contributed by atoms with van der Waals surface area (Å²) in [5.74, 6) is 4.17. The molecule has 11 heteroatoms. The third kappa shape index (κ3) is 3.29. The molecule has 2 aromatic heterocycles. The van der Waals surface area contributed by atoms with Gasteiger partial charge >= 0.3 is 0 Å². The lowest BCUT2D eigenvalue weighted by Crippen LogP contribution is -3.11. The summed E-state index contributed by atoms with van der Waals surface area (Å²) in [6, 6.07) is 0. The van der Waals surface area contributed by atoms with Crippen LogP contribution in [0.25, 0.3) is 11.2 Å². The number of nitrogens with zero attached hydrogens (tertiary/aromatic N) is 4. The molecule has 0 spiro atoms. The van der Waals surface area contributed by atoms with Gasteiger partial charge in [-0.1, -0.05) is 0 Å². The Hall–Kier alpha value is -1.89. The van der Waals surface area contributed by atoms with E-state index in [4.69, 9.17) is 15.3 Å². The van der Waals surface area contributed by atoms with E-state index < -0.39 is 24.5 Å². The van der Waals surface area contributed by atoms with Crippen molar-refractivity contribution in [3.8, 4) is 0 Å². The average molecular weight is 355 g/mol. The molecular formula is C14H25N7O4+2. The minimum atomic E-state index is -1.10. The van der Waals surface area contributed by atoms with Crippen LogP contribution in [0.4, 0.5) is 5.82 Å². The summed E-state index contributed by atoms with van der Waals surface area (Å²) in [7, 11) is 1.96. The number of nitrogens with one attached hydrogen (secondary N) is 1. The van der Waals surface area contributed by atoms with Gasteiger partial charge in [0, 0.05) is 0 Å². The molecule has 5 atom stereocenters. The third-order valence-electron chi connectivity index (χ3n) is 4.50. The number of likely N-dealkylation sites (N-methyl/N-ethyl adjacent to an activating group) is 1. The van der Waals surface area contributed by atoms with Gasteiger partial charge in [0.1, 0.15) is 43.6 Å². The van der Waals surface area contributed by atoms with Crippen LogP contribution in [0.2, 0.25) is 0 Å². The van der Waals surface area contributed by atoms with Gasteiger partial charge in [-0.25, -0.2) is 25.7 Å². The highest BCUT2D eigenvalue weighted by atomic mass is 16.6. The van der Waals surface area contributed by atoms with Crippen molar-refractivity contribution in [2.75, 3.05) is 32.5 Å². The monoisotopic (exact) mass is 355 g/mol. The van der Waals surface area contributed by atoms with Crippen LogP contribution in [0.3, 0.4) is 0 Å². The quantitative estimate of drug-likeness (QED) is 0.328. The maximum Gasteiger partial charge on any atom is 0.167 e. The zero-order valence-electron chi connectivity index (χ0n) is 14.3. The summed E-state index contributed by atoms with van der Waals surface area (Å²) in [4.78, 5) is 18.4. The highest BCUT2D eigenvalue weighted by Crippen LogP contribution is 2.32. The minimum Gasteiger partial charge on any atom is -0.387 e. The second-order valence-corrected chi connectivity index (χ2v) is 6.33. The van der Waals surface area contributed by atoms with E-state index in [1.807, 2.05) is 7.05 Å². The number of imidazole rings is 1. The number of aliphatic hydroxyl groups excluding tert-OH is 2. The molecule has 25 heavy (non-hydrogen) atoms. The predicted octanol–water partition coefficient (Wildman–Crippen LogP) is -3.98. The van der Waals surface area contributed by atoms with E-state index >= 15 is 0 Å². The first-order chi connectivity index (χ1) is 11.9. The van der Waals surface area contributed by atoms with E-state index in [-0.39, 0.29) is 5.82 Å². The topological polar surface area (TPSA) is 161 Å². The Balaban J connectivity index is 1.84. The molecule has 1 aliphatic rings. The Morgan fingerprint density at radius 3 is 2.88 bits per heavy atom. The van der Waals surface area contributed by atoms with Gasteiger partial charge in [0.05, 0.1) is 7.05 Å². The van der Waals surface area contributed by atoms with E-state index in [9.17, 15) is 10.2 Å². The van der Waals surface area contributed by atoms with Crippen LogP contribution in [0.5, 0.6) is 0 Å². The molecule has 1 aliphatic heterocycles. The lowest BCUT2D eigenvalue weighted by Gasteiger charge is -2.20. The lowest BCUT2D eigenvalue weighted by molar-refractivity contribution is -0.889. The Morgan fingerprint density at radius 2 is 2.16 bits per heavy atom. The molecule has 3 heterocycles. The Kier molecular flexibility index (Phi) is 5.13. The maximum atomic E-state index is 10.5. The molecule has 0 aliphatic carbocycles.